The van der Waals surface area contributed by atoms with Crippen molar-refractivity contribution in [2.75, 3.05) is 18.5 Å². The number of aromatic nitrogens is 2. The average molecular weight is 222 g/mol. The minimum Gasteiger partial charge on any atom is -0.359 e. The minimum atomic E-state index is -0.0975. The van der Waals surface area contributed by atoms with E-state index in [1.165, 1.54) is 6.07 Å². The number of nitrogens with zero attached hydrogens (tertiary/aromatic N) is 2. The van der Waals surface area contributed by atoms with E-state index in [1.807, 2.05) is 11.9 Å². The highest BCUT2D eigenvalue weighted by Crippen LogP contribution is 2.26. The third kappa shape index (κ3) is 2.41. The molecule has 1 aromatic rings. The van der Waals surface area contributed by atoms with Crippen LogP contribution in [0, 0.1) is 12.8 Å². The molecule has 0 aromatic carbocycles. The van der Waals surface area contributed by atoms with E-state index in [9.17, 15) is 4.79 Å². The monoisotopic (exact) mass is 222 g/mol. The fraction of sp³-hybridized carbons (Fsp3) is 0.636. The summed E-state index contributed by atoms with van der Waals surface area (Å²) in [6, 6.07) is 1.90. The predicted octanol–water partition coefficient (Wildman–Crippen LogP) is 0.252. The van der Waals surface area contributed by atoms with E-state index in [-0.39, 0.29) is 5.56 Å². The molecule has 2 rings (SSSR count). The highest BCUT2D eigenvalue weighted by atomic mass is 16.1. The van der Waals surface area contributed by atoms with Crippen molar-refractivity contribution in [2.24, 2.45) is 11.7 Å². The van der Waals surface area contributed by atoms with Crippen LogP contribution in [0.15, 0.2) is 10.9 Å². The van der Waals surface area contributed by atoms with Gasteiger partial charge in [-0.05, 0) is 25.7 Å². The van der Waals surface area contributed by atoms with Crippen molar-refractivity contribution in [1.82, 2.24) is 9.97 Å². The SMILES string of the molecule is Cc1nc(N(C)CC2CC(N)C2)cc(=O)[nH]1. The molecule has 1 aliphatic rings. The number of rotatable bonds is 3. The van der Waals surface area contributed by atoms with Gasteiger partial charge in [0.15, 0.2) is 0 Å². The summed E-state index contributed by atoms with van der Waals surface area (Å²) < 4.78 is 0. The van der Waals surface area contributed by atoms with Crippen molar-refractivity contribution in [1.29, 1.82) is 0 Å². The Morgan fingerprint density at radius 1 is 1.62 bits per heavy atom. The topological polar surface area (TPSA) is 75.0 Å². The van der Waals surface area contributed by atoms with Gasteiger partial charge in [-0.2, -0.15) is 0 Å². The molecule has 5 nitrogen and oxygen atoms in total. The largest absolute Gasteiger partial charge is 0.359 e. The summed E-state index contributed by atoms with van der Waals surface area (Å²) in [6.45, 7) is 2.71. The Hall–Kier alpha value is -1.36. The van der Waals surface area contributed by atoms with Crippen LogP contribution >= 0.6 is 0 Å². The lowest BCUT2D eigenvalue weighted by atomic mass is 9.81. The third-order valence-corrected chi connectivity index (χ3v) is 3.04. The van der Waals surface area contributed by atoms with Crippen molar-refractivity contribution in [3.8, 4) is 0 Å². The summed E-state index contributed by atoms with van der Waals surface area (Å²) in [4.78, 5) is 20.3. The van der Waals surface area contributed by atoms with Gasteiger partial charge >= 0.3 is 0 Å². The van der Waals surface area contributed by atoms with Gasteiger partial charge in [0, 0.05) is 25.7 Å². The fourth-order valence-corrected chi connectivity index (χ4v) is 2.18. The van der Waals surface area contributed by atoms with Crippen LogP contribution in [0.1, 0.15) is 18.7 Å². The molecule has 0 spiro atoms. The maximum absolute atomic E-state index is 11.3. The molecule has 16 heavy (non-hydrogen) atoms. The summed E-state index contributed by atoms with van der Waals surface area (Å²) >= 11 is 0. The number of aromatic amines is 1. The normalized spacial score (nSPS) is 23.9. The maximum Gasteiger partial charge on any atom is 0.252 e. The van der Waals surface area contributed by atoms with Crippen LogP contribution in [0.5, 0.6) is 0 Å². The molecule has 88 valence electrons. The van der Waals surface area contributed by atoms with Gasteiger partial charge < -0.3 is 15.6 Å². The molecule has 0 amide bonds. The third-order valence-electron chi connectivity index (χ3n) is 3.04. The van der Waals surface area contributed by atoms with Crippen LogP contribution < -0.4 is 16.2 Å². The summed E-state index contributed by atoms with van der Waals surface area (Å²) in [5.41, 5.74) is 5.64. The molecule has 0 radical (unpaired) electrons. The Bertz CT molecular complexity index is 422. The van der Waals surface area contributed by atoms with Gasteiger partial charge in [0.05, 0.1) is 0 Å². The second-order valence-electron chi connectivity index (χ2n) is 4.67. The number of nitrogens with two attached hydrogens (primary N) is 1. The molecule has 0 unspecified atom stereocenters. The van der Waals surface area contributed by atoms with Gasteiger partial charge in [0.1, 0.15) is 11.6 Å². The minimum absolute atomic E-state index is 0.0975. The van der Waals surface area contributed by atoms with Gasteiger partial charge in [0.25, 0.3) is 5.56 Å². The van der Waals surface area contributed by atoms with Gasteiger partial charge in [0.2, 0.25) is 0 Å². The zero-order valence-electron chi connectivity index (χ0n) is 9.73. The van der Waals surface area contributed by atoms with Gasteiger partial charge in [-0.3, -0.25) is 4.79 Å². The van der Waals surface area contributed by atoms with E-state index in [1.54, 1.807) is 6.92 Å². The van der Waals surface area contributed by atoms with E-state index in [0.717, 1.165) is 25.2 Å². The first kappa shape index (κ1) is 11.1. The fourth-order valence-electron chi connectivity index (χ4n) is 2.18. The Balaban J connectivity index is 2.03. The average Bonchev–Trinajstić information content (AvgIpc) is 2.13. The quantitative estimate of drug-likeness (QED) is 0.769. The van der Waals surface area contributed by atoms with E-state index in [4.69, 9.17) is 5.73 Å². The molecule has 1 aromatic heterocycles. The van der Waals surface area contributed by atoms with Crippen molar-refractivity contribution < 1.29 is 0 Å². The lowest BCUT2D eigenvalue weighted by Crippen LogP contribution is -2.42. The maximum atomic E-state index is 11.3. The molecule has 1 heterocycles. The van der Waals surface area contributed by atoms with Crippen LogP contribution in [0.2, 0.25) is 0 Å². The lowest BCUT2D eigenvalue weighted by molar-refractivity contribution is 0.270. The standard InChI is InChI=1S/C11H18N4O/c1-7-13-10(5-11(16)14-7)15(2)6-8-3-9(12)4-8/h5,8-9H,3-4,6,12H2,1-2H3,(H,13,14,16). The first-order valence-corrected chi connectivity index (χ1v) is 5.59. The molecule has 5 heteroatoms. The molecular formula is C11H18N4O. The van der Waals surface area contributed by atoms with E-state index < -0.39 is 0 Å². The molecule has 1 saturated carbocycles. The zero-order valence-corrected chi connectivity index (χ0v) is 9.73. The van der Waals surface area contributed by atoms with E-state index in [2.05, 4.69) is 9.97 Å². The molecule has 1 aliphatic carbocycles. The molecule has 0 aliphatic heterocycles. The van der Waals surface area contributed by atoms with Gasteiger partial charge in [-0.25, -0.2) is 4.98 Å². The van der Waals surface area contributed by atoms with Crippen molar-refractivity contribution in [2.45, 2.75) is 25.8 Å². The molecule has 0 saturated heterocycles. The van der Waals surface area contributed by atoms with Crippen LogP contribution in [-0.2, 0) is 0 Å². The van der Waals surface area contributed by atoms with Crippen LogP contribution in [-0.4, -0.2) is 29.6 Å². The molecule has 3 N–H and O–H groups in total. The molecule has 0 bridgehead atoms. The smallest absolute Gasteiger partial charge is 0.252 e. The first-order chi connectivity index (χ1) is 7.54. The number of hydrogen-bond donors (Lipinski definition) is 2. The Morgan fingerprint density at radius 2 is 2.31 bits per heavy atom. The second kappa shape index (κ2) is 4.25. The molecule has 1 fully saturated rings. The molecule has 0 atom stereocenters. The Kier molecular flexibility index (Phi) is 2.96. The van der Waals surface area contributed by atoms with Crippen LogP contribution in [0.4, 0.5) is 5.82 Å². The summed E-state index contributed by atoms with van der Waals surface area (Å²) in [7, 11) is 1.96. The summed E-state index contributed by atoms with van der Waals surface area (Å²) in [5.74, 6) is 2.03. The van der Waals surface area contributed by atoms with Crippen LogP contribution in [0.25, 0.3) is 0 Å². The number of nitrogens with one attached hydrogen (secondary N) is 1. The van der Waals surface area contributed by atoms with Gasteiger partial charge in [-0.15, -0.1) is 0 Å². The van der Waals surface area contributed by atoms with E-state index >= 15 is 0 Å². The van der Waals surface area contributed by atoms with Gasteiger partial charge in [-0.1, -0.05) is 0 Å². The van der Waals surface area contributed by atoms with Crippen molar-refractivity contribution >= 4 is 5.82 Å². The lowest BCUT2D eigenvalue weighted by Gasteiger charge is -2.35. The zero-order chi connectivity index (χ0) is 11.7. The highest BCUT2D eigenvalue weighted by molar-refractivity contribution is 5.36. The second-order valence-corrected chi connectivity index (χ2v) is 4.67. The van der Waals surface area contributed by atoms with Crippen molar-refractivity contribution in [3.05, 3.63) is 22.2 Å². The summed E-state index contributed by atoms with van der Waals surface area (Å²) in [6.07, 6.45) is 2.15. The Labute approximate surface area is 94.7 Å². The van der Waals surface area contributed by atoms with E-state index in [0.29, 0.717) is 17.8 Å². The molecular weight excluding hydrogens is 204 g/mol. The number of aryl methyl sites for hydroxylation is 1. The highest BCUT2D eigenvalue weighted by Gasteiger charge is 2.27. The number of anilines is 1. The Morgan fingerprint density at radius 3 is 2.88 bits per heavy atom. The van der Waals surface area contributed by atoms with Crippen molar-refractivity contribution in [3.63, 3.8) is 0 Å². The predicted molar refractivity (Wildman–Crippen MR) is 63.6 cm³/mol. The number of H-pyrrole nitrogens is 1. The number of hydrogen-bond acceptors (Lipinski definition) is 4. The summed E-state index contributed by atoms with van der Waals surface area (Å²) in [5, 5.41) is 0. The first-order valence-electron chi connectivity index (χ1n) is 5.59. The van der Waals surface area contributed by atoms with Crippen LogP contribution in [0.3, 0.4) is 0 Å².